The van der Waals surface area contributed by atoms with E-state index in [2.05, 4.69) is 4.74 Å². The highest BCUT2D eigenvalue weighted by Crippen LogP contribution is 2.05. The predicted octanol–water partition coefficient (Wildman–Crippen LogP) is -0.541. The molecule has 44 valence electrons. The van der Waals surface area contributed by atoms with Crippen LogP contribution in [0, 0.1) is 0 Å². The lowest BCUT2D eigenvalue weighted by molar-refractivity contribution is -0.125. The average molecular weight is 114 g/mol. The number of carbonyl (C=O) groups excluding carboxylic acids is 1. The molecule has 0 bridgehead atoms. The van der Waals surface area contributed by atoms with E-state index in [0.717, 1.165) is 0 Å². The van der Waals surface area contributed by atoms with Crippen LogP contribution in [0.3, 0.4) is 0 Å². The van der Waals surface area contributed by atoms with Gasteiger partial charge in [-0.15, -0.1) is 0 Å². The maximum absolute atomic E-state index is 9.87. The molecule has 0 aromatic rings. The minimum absolute atomic E-state index is 0.537. The zero-order chi connectivity index (χ0) is 5.98. The summed E-state index contributed by atoms with van der Waals surface area (Å²) in [6.07, 6.45) is 2.15. The van der Waals surface area contributed by atoms with E-state index in [4.69, 9.17) is 5.11 Å². The Hall–Kier alpha value is -0.670. The first-order chi connectivity index (χ1) is 3.83. The van der Waals surface area contributed by atoms with Crippen LogP contribution in [0.1, 0.15) is 0 Å². The number of ether oxygens (including phenoxy) is 1. The molecular formula is C5H6O3. The Balaban J connectivity index is 2.45. The average Bonchev–Trinajstić information content (AvgIpc) is 2.14. The molecule has 1 heterocycles. The summed E-state index contributed by atoms with van der Waals surface area (Å²) in [5.74, 6) is 0. The van der Waals surface area contributed by atoms with Crippen molar-refractivity contribution in [2.45, 2.75) is 12.4 Å². The van der Waals surface area contributed by atoms with E-state index in [9.17, 15) is 4.79 Å². The topological polar surface area (TPSA) is 46.5 Å². The number of hydrogen-bond acceptors (Lipinski definition) is 3. The van der Waals surface area contributed by atoms with Gasteiger partial charge in [0.1, 0.15) is 6.10 Å². The molecule has 3 nitrogen and oxygen atoms in total. The van der Waals surface area contributed by atoms with Crippen LogP contribution in [-0.2, 0) is 9.53 Å². The highest BCUT2D eigenvalue weighted by atomic mass is 16.6. The largest absolute Gasteiger partial charge is 0.365 e. The fraction of sp³-hybridized carbons (Fsp3) is 0.400. The van der Waals surface area contributed by atoms with Crippen LogP contribution < -0.4 is 0 Å². The molecule has 0 spiro atoms. The van der Waals surface area contributed by atoms with E-state index in [1.807, 2.05) is 0 Å². The van der Waals surface area contributed by atoms with Crippen molar-refractivity contribution in [3.8, 4) is 0 Å². The van der Waals surface area contributed by atoms with Crippen molar-refractivity contribution in [1.29, 1.82) is 0 Å². The summed E-state index contributed by atoms with van der Waals surface area (Å²) in [6, 6.07) is 0. The Morgan fingerprint density at radius 3 is 2.62 bits per heavy atom. The van der Waals surface area contributed by atoms with Gasteiger partial charge in [0, 0.05) is 0 Å². The molecule has 0 aliphatic carbocycles. The molecule has 1 aliphatic rings. The SMILES string of the molecule is O=CC1C=CC(O)O1. The second-order valence-corrected chi connectivity index (χ2v) is 1.51. The summed E-state index contributed by atoms with van der Waals surface area (Å²) in [6.45, 7) is 0. The number of rotatable bonds is 1. The standard InChI is InChI=1S/C5H6O3/c6-3-4-1-2-5(7)8-4/h1-5,7H. The Labute approximate surface area is 46.6 Å². The lowest BCUT2D eigenvalue weighted by Crippen LogP contribution is -2.11. The van der Waals surface area contributed by atoms with Crippen LogP contribution in [-0.4, -0.2) is 23.8 Å². The van der Waals surface area contributed by atoms with Gasteiger partial charge in [-0.3, -0.25) is 0 Å². The zero-order valence-corrected chi connectivity index (χ0v) is 4.15. The van der Waals surface area contributed by atoms with Crippen molar-refractivity contribution in [3.05, 3.63) is 12.2 Å². The third-order valence-corrected chi connectivity index (χ3v) is 0.896. The molecule has 0 radical (unpaired) electrons. The lowest BCUT2D eigenvalue weighted by Gasteiger charge is -2.00. The molecule has 0 aromatic carbocycles. The Morgan fingerprint density at radius 1 is 1.62 bits per heavy atom. The molecule has 0 fully saturated rings. The molecule has 8 heavy (non-hydrogen) atoms. The van der Waals surface area contributed by atoms with Gasteiger partial charge >= 0.3 is 0 Å². The Kier molecular flexibility index (Phi) is 1.41. The maximum atomic E-state index is 9.87. The van der Waals surface area contributed by atoms with Gasteiger partial charge < -0.3 is 14.6 Å². The molecular weight excluding hydrogens is 108 g/mol. The first-order valence-electron chi connectivity index (χ1n) is 2.30. The van der Waals surface area contributed by atoms with E-state index < -0.39 is 12.4 Å². The van der Waals surface area contributed by atoms with Gasteiger partial charge in [0.15, 0.2) is 12.6 Å². The second kappa shape index (κ2) is 2.07. The van der Waals surface area contributed by atoms with E-state index in [1.54, 1.807) is 0 Å². The molecule has 2 unspecified atom stereocenters. The summed E-state index contributed by atoms with van der Waals surface area (Å²) in [5, 5.41) is 8.56. The maximum Gasteiger partial charge on any atom is 0.175 e. The summed E-state index contributed by atoms with van der Waals surface area (Å²) in [5.41, 5.74) is 0. The van der Waals surface area contributed by atoms with Crippen molar-refractivity contribution in [3.63, 3.8) is 0 Å². The second-order valence-electron chi connectivity index (χ2n) is 1.51. The van der Waals surface area contributed by atoms with E-state index in [0.29, 0.717) is 6.29 Å². The van der Waals surface area contributed by atoms with Gasteiger partial charge in [0.05, 0.1) is 0 Å². The van der Waals surface area contributed by atoms with Crippen molar-refractivity contribution >= 4 is 6.29 Å². The van der Waals surface area contributed by atoms with Crippen molar-refractivity contribution in [2.75, 3.05) is 0 Å². The summed E-state index contributed by atoms with van der Waals surface area (Å²) in [7, 11) is 0. The van der Waals surface area contributed by atoms with Crippen LogP contribution >= 0.6 is 0 Å². The monoisotopic (exact) mass is 114 g/mol. The van der Waals surface area contributed by atoms with Crippen LogP contribution in [0.15, 0.2) is 12.2 Å². The number of aliphatic hydroxyl groups excluding tert-OH is 1. The zero-order valence-electron chi connectivity index (χ0n) is 4.15. The number of aldehydes is 1. The van der Waals surface area contributed by atoms with Crippen LogP contribution in [0.4, 0.5) is 0 Å². The fourth-order valence-corrected chi connectivity index (χ4v) is 0.534. The summed E-state index contributed by atoms with van der Waals surface area (Å²) in [4.78, 5) is 9.87. The molecule has 0 amide bonds. The van der Waals surface area contributed by atoms with E-state index in [1.165, 1.54) is 12.2 Å². The van der Waals surface area contributed by atoms with E-state index >= 15 is 0 Å². The fourth-order valence-electron chi connectivity index (χ4n) is 0.534. The van der Waals surface area contributed by atoms with Gasteiger partial charge in [-0.05, 0) is 12.2 Å². The molecule has 0 saturated carbocycles. The third-order valence-electron chi connectivity index (χ3n) is 0.896. The predicted molar refractivity (Wildman–Crippen MR) is 26.1 cm³/mol. The lowest BCUT2D eigenvalue weighted by atomic mass is 10.4. The van der Waals surface area contributed by atoms with Gasteiger partial charge in [-0.1, -0.05) is 0 Å². The highest BCUT2D eigenvalue weighted by Gasteiger charge is 2.14. The number of hydrogen-bond donors (Lipinski definition) is 1. The van der Waals surface area contributed by atoms with Crippen molar-refractivity contribution < 1.29 is 14.6 Å². The third kappa shape index (κ3) is 0.936. The van der Waals surface area contributed by atoms with Crippen LogP contribution in [0.2, 0.25) is 0 Å². The van der Waals surface area contributed by atoms with Gasteiger partial charge in [-0.25, -0.2) is 0 Å². The molecule has 1 rings (SSSR count). The van der Waals surface area contributed by atoms with Gasteiger partial charge in [-0.2, -0.15) is 0 Å². The smallest absolute Gasteiger partial charge is 0.175 e. The van der Waals surface area contributed by atoms with Crippen molar-refractivity contribution in [1.82, 2.24) is 0 Å². The van der Waals surface area contributed by atoms with Crippen LogP contribution in [0.5, 0.6) is 0 Å². The molecule has 0 saturated heterocycles. The minimum atomic E-state index is -0.884. The molecule has 1 N–H and O–H groups in total. The summed E-state index contributed by atoms with van der Waals surface area (Å²) >= 11 is 0. The molecule has 2 atom stereocenters. The highest BCUT2D eigenvalue weighted by molar-refractivity contribution is 5.60. The first-order valence-corrected chi connectivity index (χ1v) is 2.30. The number of aliphatic hydroxyl groups is 1. The first kappa shape index (κ1) is 5.47. The van der Waals surface area contributed by atoms with Crippen LogP contribution in [0.25, 0.3) is 0 Å². The van der Waals surface area contributed by atoms with Gasteiger partial charge in [0.2, 0.25) is 0 Å². The summed E-state index contributed by atoms with van der Waals surface area (Å²) < 4.78 is 4.59. The molecule has 0 aromatic heterocycles. The quantitative estimate of drug-likeness (QED) is 0.368. The van der Waals surface area contributed by atoms with Gasteiger partial charge in [0.25, 0.3) is 0 Å². The normalized spacial score (nSPS) is 35.6. The molecule has 1 aliphatic heterocycles. The number of carbonyl (C=O) groups is 1. The Bertz CT molecular complexity index is 119. The van der Waals surface area contributed by atoms with E-state index in [-0.39, 0.29) is 0 Å². The minimum Gasteiger partial charge on any atom is -0.365 e. The van der Waals surface area contributed by atoms with Crippen molar-refractivity contribution in [2.24, 2.45) is 0 Å². The Morgan fingerprint density at radius 2 is 2.38 bits per heavy atom. The molecule has 3 heteroatoms.